The maximum atomic E-state index is 11.1. The summed E-state index contributed by atoms with van der Waals surface area (Å²) in [6.07, 6.45) is 6.33. The van der Waals surface area contributed by atoms with Crippen molar-refractivity contribution in [3.05, 3.63) is 12.7 Å². The van der Waals surface area contributed by atoms with Crippen LogP contribution in [0.5, 0.6) is 0 Å². The zero-order valence-electron chi connectivity index (χ0n) is 10.5. The highest BCUT2D eigenvalue weighted by atomic mass is 16.5. The second-order valence-corrected chi connectivity index (χ2v) is 3.74. The van der Waals surface area contributed by atoms with E-state index in [1.807, 2.05) is 6.92 Å². The van der Waals surface area contributed by atoms with E-state index in [4.69, 9.17) is 9.47 Å². The van der Waals surface area contributed by atoms with Crippen LogP contribution in [0.4, 0.5) is 0 Å². The fourth-order valence-electron chi connectivity index (χ4n) is 1.46. The van der Waals surface area contributed by atoms with Crippen LogP contribution < -0.4 is 0 Å². The second-order valence-electron chi connectivity index (χ2n) is 3.74. The summed E-state index contributed by atoms with van der Waals surface area (Å²) in [6, 6.07) is 0. The Hall–Kier alpha value is -0.830. The molecule has 0 amide bonds. The molecule has 1 atom stereocenters. The molecular formula is C13H24O3. The van der Waals surface area contributed by atoms with E-state index in [9.17, 15) is 4.79 Å². The number of carbonyl (C=O) groups is 1. The summed E-state index contributed by atoms with van der Waals surface area (Å²) < 4.78 is 10.5. The fourth-order valence-corrected chi connectivity index (χ4v) is 1.46. The maximum Gasteiger partial charge on any atom is 0.330 e. The summed E-state index contributed by atoms with van der Waals surface area (Å²) in [6.45, 7) is 8.87. The molecule has 0 bridgehead atoms. The average molecular weight is 228 g/mol. The van der Waals surface area contributed by atoms with Gasteiger partial charge in [0.15, 0.2) is 0 Å². The summed E-state index contributed by atoms with van der Waals surface area (Å²) in [5, 5.41) is 0. The van der Waals surface area contributed by atoms with Crippen LogP contribution >= 0.6 is 0 Å². The predicted molar refractivity (Wildman–Crippen MR) is 65.3 cm³/mol. The highest BCUT2D eigenvalue weighted by Gasteiger charge is 2.12. The van der Waals surface area contributed by atoms with E-state index in [1.54, 1.807) is 0 Å². The first kappa shape index (κ1) is 15.2. The molecule has 0 heterocycles. The molecule has 0 saturated heterocycles. The van der Waals surface area contributed by atoms with Crippen molar-refractivity contribution in [1.82, 2.24) is 0 Å². The average Bonchev–Trinajstić information content (AvgIpc) is 2.29. The third-order valence-electron chi connectivity index (χ3n) is 2.37. The Balaban J connectivity index is 3.84. The second kappa shape index (κ2) is 10.7. The Morgan fingerprint density at radius 2 is 2.06 bits per heavy atom. The van der Waals surface area contributed by atoms with Crippen molar-refractivity contribution in [2.45, 2.75) is 52.1 Å². The van der Waals surface area contributed by atoms with Crippen LogP contribution in [0.2, 0.25) is 0 Å². The van der Waals surface area contributed by atoms with Crippen LogP contribution in [-0.4, -0.2) is 25.3 Å². The van der Waals surface area contributed by atoms with Crippen molar-refractivity contribution in [2.75, 3.05) is 13.2 Å². The molecule has 0 aromatic rings. The molecule has 0 N–H and O–H groups in total. The van der Waals surface area contributed by atoms with Gasteiger partial charge in [0.25, 0.3) is 0 Å². The highest BCUT2D eigenvalue weighted by molar-refractivity contribution is 5.81. The zero-order chi connectivity index (χ0) is 12.2. The molecule has 0 aromatic heterocycles. The van der Waals surface area contributed by atoms with E-state index in [-0.39, 0.29) is 12.1 Å². The lowest BCUT2D eigenvalue weighted by Gasteiger charge is -2.16. The molecule has 0 fully saturated rings. The molecule has 0 aliphatic carbocycles. The summed E-state index contributed by atoms with van der Waals surface area (Å²) in [4.78, 5) is 11.1. The van der Waals surface area contributed by atoms with Crippen LogP contribution in [0.15, 0.2) is 12.7 Å². The molecule has 16 heavy (non-hydrogen) atoms. The molecule has 0 aliphatic rings. The van der Waals surface area contributed by atoms with Gasteiger partial charge in [-0.3, -0.25) is 0 Å². The summed E-state index contributed by atoms with van der Waals surface area (Å²) in [7, 11) is 0. The lowest BCUT2D eigenvalue weighted by atomic mass is 10.1. The quantitative estimate of drug-likeness (QED) is 0.327. The number of unbranched alkanes of at least 4 members (excludes halogenated alkanes) is 2. The molecule has 3 nitrogen and oxygen atoms in total. The largest absolute Gasteiger partial charge is 0.459 e. The summed E-state index contributed by atoms with van der Waals surface area (Å²) in [5.41, 5.74) is 0. The molecule has 3 heteroatoms. The smallest absolute Gasteiger partial charge is 0.330 e. The Kier molecular flexibility index (Phi) is 10.1. The first-order chi connectivity index (χ1) is 7.74. The Labute approximate surface area is 98.8 Å². The van der Waals surface area contributed by atoms with E-state index in [0.717, 1.165) is 19.3 Å². The van der Waals surface area contributed by atoms with Crippen LogP contribution in [0.25, 0.3) is 0 Å². The van der Waals surface area contributed by atoms with Gasteiger partial charge in [-0.05, 0) is 19.8 Å². The van der Waals surface area contributed by atoms with Gasteiger partial charge >= 0.3 is 5.97 Å². The van der Waals surface area contributed by atoms with Gasteiger partial charge < -0.3 is 9.47 Å². The highest BCUT2D eigenvalue weighted by Crippen LogP contribution is 2.11. The number of hydrogen-bond acceptors (Lipinski definition) is 3. The van der Waals surface area contributed by atoms with Gasteiger partial charge in [0.2, 0.25) is 0 Å². The molecule has 1 unspecified atom stereocenters. The van der Waals surface area contributed by atoms with E-state index >= 15 is 0 Å². The third kappa shape index (κ3) is 8.48. The van der Waals surface area contributed by atoms with Crippen molar-refractivity contribution in [3.63, 3.8) is 0 Å². The summed E-state index contributed by atoms with van der Waals surface area (Å²) in [5.74, 6) is -0.335. The van der Waals surface area contributed by atoms with Crippen molar-refractivity contribution in [2.24, 2.45) is 0 Å². The van der Waals surface area contributed by atoms with E-state index in [0.29, 0.717) is 13.2 Å². The maximum absolute atomic E-state index is 11.1. The summed E-state index contributed by atoms with van der Waals surface area (Å²) >= 11 is 0. The SMILES string of the molecule is C=CC(=O)OC(CCCCC)CCOCC. The van der Waals surface area contributed by atoms with Gasteiger partial charge in [-0.25, -0.2) is 4.79 Å². The van der Waals surface area contributed by atoms with Crippen molar-refractivity contribution in [3.8, 4) is 0 Å². The van der Waals surface area contributed by atoms with E-state index in [1.165, 1.54) is 18.9 Å². The Bertz CT molecular complexity index is 180. The normalized spacial score (nSPS) is 12.1. The van der Waals surface area contributed by atoms with Crippen LogP contribution in [0.1, 0.15) is 46.0 Å². The number of ether oxygens (including phenoxy) is 2. The van der Waals surface area contributed by atoms with Gasteiger partial charge in [0, 0.05) is 19.1 Å². The monoisotopic (exact) mass is 228 g/mol. The molecule has 94 valence electrons. The topological polar surface area (TPSA) is 35.5 Å². The number of rotatable bonds is 10. The van der Waals surface area contributed by atoms with Crippen molar-refractivity contribution < 1.29 is 14.3 Å². The Morgan fingerprint density at radius 3 is 2.62 bits per heavy atom. The van der Waals surface area contributed by atoms with Gasteiger partial charge in [-0.2, -0.15) is 0 Å². The van der Waals surface area contributed by atoms with Crippen LogP contribution in [0, 0.1) is 0 Å². The molecule has 0 saturated carbocycles. The first-order valence-corrected chi connectivity index (χ1v) is 6.15. The van der Waals surface area contributed by atoms with Crippen molar-refractivity contribution in [1.29, 1.82) is 0 Å². The van der Waals surface area contributed by atoms with Gasteiger partial charge in [-0.1, -0.05) is 26.3 Å². The van der Waals surface area contributed by atoms with Crippen LogP contribution in [-0.2, 0) is 14.3 Å². The fraction of sp³-hybridized carbons (Fsp3) is 0.769. The standard InChI is InChI=1S/C13H24O3/c1-4-7-8-9-12(10-11-15-6-3)16-13(14)5-2/h5,12H,2,4,6-11H2,1,3H3. The molecule has 0 aromatic carbocycles. The van der Waals surface area contributed by atoms with Crippen molar-refractivity contribution >= 4 is 5.97 Å². The molecule has 0 rings (SSSR count). The van der Waals surface area contributed by atoms with E-state index < -0.39 is 0 Å². The molecular weight excluding hydrogens is 204 g/mol. The molecule has 0 radical (unpaired) electrons. The molecule has 0 spiro atoms. The molecule has 0 aliphatic heterocycles. The minimum atomic E-state index is -0.335. The predicted octanol–water partition coefficient (Wildman–Crippen LogP) is 3.09. The minimum absolute atomic E-state index is 0.0244. The minimum Gasteiger partial charge on any atom is -0.459 e. The van der Waals surface area contributed by atoms with Gasteiger partial charge in [-0.15, -0.1) is 0 Å². The first-order valence-electron chi connectivity index (χ1n) is 6.15. The zero-order valence-corrected chi connectivity index (χ0v) is 10.5. The Morgan fingerprint density at radius 1 is 1.31 bits per heavy atom. The van der Waals surface area contributed by atoms with Crippen LogP contribution in [0.3, 0.4) is 0 Å². The van der Waals surface area contributed by atoms with Gasteiger partial charge in [0.05, 0.1) is 6.61 Å². The number of carbonyl (C=O) groups excluding carboxylic acids is 1. The lowest BCUT2D eigenvalue weighted by Crippen LogP contribution is -2.19. The lowest BCUT2D eigenvalue weighted by molar-refractivity contribution is -0.144. The van der Waals surface area contributed by atoms with Gasteiger partial charge in [0.1, 0.15) is 6.10 Å². The third-order valence-corrected chi connectivity index (χ3v) is 2.37. The number of esters is 1. The van der Waals surface area contributed by atoms with E-state index in [2.05, 4.69) is 13.5 Å². The number of hydrogen-bond donors (Lipinski definition) is 0.